The van der Waals surface area contributed by atoms with Gasteiger partial charge in [-0.05, 0) is 45.2 Å². The van der Waals surface area contributed by atoms with Crippen LogP contribution in [0.3, 0.4) is 0 Å². The Morgan fingerprint density at radius 3 is 2.83 bits per heavy atom. The molecule has 36 heavy (non-hydrogen) atoms. The molecule has 0 saturated heterocycles. The van der Waals surface area contributed by atoms with Crippen LogP contribution in [-0.4, -0.2) is 55.5 Å². The van der Waals surface area contributed by atoms with Gasteiger partial charge in [0.25, 0.3) is 5.91 Å². The maximum absolute atomic E-state index is 12.8. The smallest absolute Gasteiger partial charge is 0.407 e. The zero-order valence-corrected chi connectivity index (χ0v) is 20.1. The molecular formula is C24H28N6O6. The molecule has 2 aromatic heterocycles. The third-order valence-corrected chi connectivity index (χ3v) is 5.81. The number of H-pyrrole nitrogens is 1. The van der Waals surface area contributed by atoms with Crippen molar-refractivity contribution in [3.63, 3.8) is 0 Å². The number of aryl methyl sites for hydroxylation is 1. The van der Waals surface area contributed by atoms with Gasteiger partial charge in [0.05, 0.1) is 5.56 Å². The number of hydrogen-bond donors (Lipinski definition) is 4. The summed E-state index contributed by atoms with van der Waals surface area (Å²) < 4.78 is 12.4. The van der Waals surface area contributed by atoms with E-state index in [1.807, 2.05) is 13.8 Å². The zero-order valence-electron chi connectivity index (χ0n) is 20.1. The van der Waals surface area contributed by atoms with Gasteiger partial charge in [-0.25, -0.2) is 4.79 Å². The normalized spacial score (nSPS) is 17.1. The first-order chi connectivity index (χ1) is 17.2. The highest BCUT2D eigenvalue weighted by atomic mass is 16.6. The molecule has 190 valence electrons. The van der Waals surface area contributed by atoms with E-state index in [-0.39, 0.29) is 46.7 Å². The number of phenolic OH excluding ortho intramolecular Hbond substituents is 1. The summed E-state index contributed by atoms with van der Waals surface area (Å²) in [6.07, 6.45) is 2.14. The third kappa shape index (κ3) is 5.65. The first-order valence-electron chi connectivity index (χ1n) is 11.6. The van der Waals surface area contributed by atoms with Crippen molar-refractivity contribution in [2.45, 2.75) is 51.2 Å². The van der Waals surface area contributed by atoms with Crippen LogP contribution < -0.4 is 15.4 Å². The van der Waals surface area contributed by atoms with Crippen molar-refractivity contribution in [2.75, 3.05) is 5.32 Å². The number of aldehydes is 1. The monoisotopic (exact) mass is 496 g/mol. The van der Waals surface area contributed by atoms with Crippen LogP contribution in [-0.2, 0) is 11.8 Å². The summed E-state index contributed by atoms with van der Waals surface area (Å²) in [5.41, 5.74) is 1.03. The van der Waals surface area contributed by atoms with Crippen LogP contribution in [0.5, 0.6) is 17.4 Å². The van der Waals surface area contributed by atoms with Crippen molar-refractivity contribution in [1.82, 2.24) is 25.3 Å². The van der Waals surface area contributed by atoms with Gasteiger partial charge in [0.1, 0.15) is 23.3 Å². The van der Waals surface area contributed by atoms with E-state index < -0.39 is 12.0 Å². The lowest BCUT2D eigenvalue weighted by Crippen LogP contribution is -2.33. The molecule has 3 aromatic rings. The summed E-state index contributed by atoms with van der Waals surface area (Å²) in [6, 6.07) is 7.60. The fraction of sp³-hybridized carbons (Fsp3) is 0.375. The molecule has 1 fully saturated rings. The summed E-state index contributed by atoms with van der Waals surface area (Å²) in [4.78, 5) is 35.9. The standard InChI is InChI=1S/C24H28N6O6/c1-13(2)25-24(34)35-15-8-7-14(9-15)17-10-21(28-27-17)26-23(33)18-11-22(29-30(18)3)36-20-6-4-5-19(32)16(20)12-31/h4-6,10-15,32H,7-9H2,1-3H3,(H,25,34)(H2,26,27,28,33)/t14-,15+/m0/s1. The number of nitrogens with zero attached hydrogens (tertiary/aromatic N) is 3. The number of ether oxygens (including phenoxy) is 2. The maximum atomic E-state index is 12.8. The minimum atomic E-state index is -0.456. The Bertz CT molecular complexity index is 1270. The van der Waals surface area contributed by atoms with E-state index in [0.29, 0.717) is 18.5 Å². The molecule has 12 nitrogen and oxygen atoms in total. The van der Waals surface area contributed by atoms with Gasteiger partial charge in [-0.15, -0.1) is 5.10 Å². The zero-order chi connectivity index (χ0) is 25.8. The predicted octanol–water partition coefficient (Wildman–Crippen LogP) is 3.48. The molecule has 4 rings (SSSR count). The lowest BCUT2D eigenvalue weighted by Gasteiger charge is -2.14. The average molecular weight is 497 g/mol. The summed E-state index contributed by atoms with van der Waals surface area (Å²) in [7, 11) is 1.58. The third-order valence-electron chi connectivity index (χ3n) is 5.81. The van der Waals surface area contributed by atoms with Crippen LogP contribution in [0, 0.1) is 0 Å². The van der Waals surface area contributed by atoms with E-state index >= 15 is 0 Å². The lowest BCUT2D eigenvalue weighted by molar-refractivity contribution is 0.0979. The fourth-order valence-corrected chi connectivity index (χ4v) is 4.10. The SMILES string of the molecule is CC(C)NC(=O)O[C@@H]1CC[C@H](c2cc(NC(=O)c3cc(Oc4cccc(O)c4C=O)nn3C)n[nH]2)C1. The minimum Gasteiger partial charge on any atom is -0.507 e. The van der Waals surface area contributed by atoms with Crippen molar-refractivity contribution in [3.8, 4) is 17.4 Å². The second-order valence-corrected chi connectivity index (χ2v) is 8.90. The molecule has 1 saturated carbocycles. The molecule has 2 amide bonds. The molecule has 0 unspecified atom stereocenters. The fourth-order valence-electron chi connectivity index (χ4n) is 4.10. The molecule has 1 aliphatic carbocycles. The number of rotatable bonds is 8. The number of aromatic amines is 1. The van der Waals surface area contributed by atoms with Crippen LogP contribution in [0.25, 0.3) is 0 Å². The number of hydrogen-bond acceptors (Lipinski definition) is 8. The number of amides is 2. The first kappa shape index (κ1) is 24.8. The van der Waals surface area contributed by atoms with Crippen LogP contribution in [0.15, 0.2) is 30.3 Å². The van der Waals surface area contributed by atoms with Gasteiger partial charge in [0.15, 0.2) is 12.1 Å². The van der Waals surface area contributed by atoms with E-state index in [0.717, 1.165) is 18.5 Å². The van der Waals surface area contributed by atoms with Crippen molar-refractivity contribution in [2.24, 2.45) is 7.05 Å². The highest BCUT2D eigenvalue weighted by Crippen LogP contribution is 2.36. The van der Waals surface area contributed by atoms with Crippen LogP contribution in [0.1, 0.15) is 65.6 Å². The Morgan fingerprint density at radius 1 is 1.28 bits per heavy atom. The molecule has 1 aliphatic rings. The van der Waals surface area contributed by atoms with E-state index in [2.05, 4.69) is 25.9 Å². The molecule has 12 heteroatoms. The van der Waals surface area contributed by atoms with Gasteiger partial charge in [0, 0.05) is 36.8 Å². The average Bonchev–Trinajstić information content (AvgIpc) is 3.53. The highest BCUT2D eigenvalue weighted by Gasteiger charge is 2.30. The molecule has 0 spiro atoms. The van der Waals surface area contributed by atoms with Crippen molar-refractivity contribution in [1.29, 1.82) is 0 Å². The number of aromatic nitrogens is 4. The van der Waals surface area contributed by atoms with Crippen LogP contribution in [0.4, 0.5) is 10.6 Å². The Hall–Kier alpha value is -4.35. The predicted molar refractivity (Wildman–Crippen MR) is 128 cm³/mol. The number of aromatic hydroxyl groups is 1. The second-order valence-electron chi connectivity index (χ2n) is 8.90. The van der Waals surface area contributed by atoms with Crippen molar-refractivity contribution >= 4 is 24.1 Å². The van der Waals surface area contributed by atoms with E-state index in [1.165, 1.54) is 28.9 Å². The van der Waals surface area contributed by atoms with Crippen molar-refractivity contribution in [3.05, 3.63) is 47.3 Å². The minimum absolute atomic E-state index is 0.0103. The summed E-state index contributed by atoms with van der Waals surface area (Å²) in [5.74, 6) is 0.0000345. The summed E-state index contributed by atoms with van der Waals surface area (Å²) in [6.45, 7) is 3.74. The molecule has 1 aromatic carbocycles. The van der Waals surface area contributed by atoms with Crippen LogP contribution >= 0.6 is 0 Å². The van der Waals surface area contributed by atoms with Gasteiger partial charge in [-0.3, -0.25) is 19.4 Å². The molecule has 0 radical (unpaired) electrons. The molecule has 0 bridgehead atoms. The number of carbonyl (C=O) groups excluding carboxylic acids is 3. The van der Waals surface area contributed by atoms with E-state index in [1.54, 1.807) is 13.1 Å². The van der Waals surface area contributed by atoms with Crippen LogP contribution in [0.2, 0.25) is 0 Å². The molecule has 2 atom stereocenters. The highest BCUT2D eigenvalue weighted by molar-refractivity contribution is 6.02. The number of anilines is 1. The summed E-state index contributed by atoms with van der Waals surface area (Å²) >= 11 is 0. The van der Waals surface area contributed by atoms with Gasteiger partial charge < -0.3 is 25.2 Å². The Morgan fingerprint density at radius 2 is 2.08 bits per heavy atom. The molecule has 2 heterocycles. The second kappa shape index (κ2) is 10.5. The van der Waals surface area contributed by atoms with Crippen molar-refractivity contribution < 1.29 is 29.0 Å². The topological polar surface area (TPSA) is 160 Å². The van der Waals surface area contributed by atoms with Gasteiger partial charge >= 0.3 is 6.09 Å². The largest absolute Gasteiger partial charge is 0.507 e. The maximum Gasteiger partial charge on any atom is 0.407 e. The van der Waals surface area contributed by atoms with Gasteiger partial charge in [-0.2, -0.15) is 5.10 Å². The summed E-state index contributed by atoms with van der Waals surface area (Å²) in [5, 5.41) is 26.6. The first-order valence-corrected chi connectivity index (χ1v) is 11.6. The van der Waals surface area contributed by atoms with E-state index in [9.17, 15) is 19.5 Å². The molecule has 0 aliphatic heterocycles. The molecule has 4 N–H and O–H groups in total. The number of nitrogens with one attached hydrogen (secondary N) is 3. The van der Waals surface area contributed by atoms with Gasteiger partial charge in [-0.1, -0.05) is 6.07 Å². The quantitative estimate of drug-likeness (QED) is 0.345. The number of phenols is 1. The molecular weight excluding hydrogens is 468 g/mol. The number of benzene rings is 1. The van der Waals surface area contributed by atoms with Gasteiger partial charge in [0.2, 0.25) is 5.88 Å². The Kier molecular flexibility index (Phi) is 7.23. The lowest BCUT2D eigenvalue weighted by atomic mass is 10.0. The Labute approximate surface area is 207 Å². The number of carbonyl (C=O) groups is 3. The number of alkyl carbamates (subject to hydrolysis) is 1. The van der Waals surface area contributed by atoms with E-state index in [4.69, 9.17) is 9.47 Å². The Balaban J connectivity index is 1.37.